The maximum Gasteiger partial charge on any atom is 0.315 e. The fourth-order valence-electron chi connectivity index (χ4n) is 2.03. The Bertz CT molecular complexity index is 545. The molecule has 0 aliphatic heterocycles. The second-order valence-electron chi connectivity index (χ2n) is 4.38. The fraction of sp³-hybridized carbons (Fsp3) is 0.357. The van der Waals surface area contributed by atoms with Crippen molar-refractivity contribution in [2.45, 2.75) is 26.8 Å². The quantitative estimate of drug-likeness (QED) is 0.762. The van der Waals surface area contributed by atoms with E-state index in [0.29, 0.717) is 13.1 Å². The van der Waals surface area contributed by atoms with Gasteiger partial charge in [0.15, 0.2) is 0 Å². The number of para-hydroxylation sites is 1. The predicted molar refractivity (Wildman–Crippen MR) is 73.6 cm³/mol. The first-order chi connectivity index (χ1) is 8.72. The van der Waals surface area contributed by atoms with Crippen LogP contribution in [-0.4, -0.2) is 17.6 Å². The third-order valence-electron chi connectivity index (χ3n) is 2.99. The Labute approximate surface area is 107 Å². The Kier molecular flexibility index (Phi) is 3.87. The zero-order valence-electron chi connectivity index (χ0n) is 10.8. The van der Waals surface area contributed by atoms with Crippen molar-refractivity contribution in [3.8, 4) is 0 Å². The van der Waals surface area contributed by atoms with E-state index in [4.69, 9.17) is 0 Å². The SMILES string of the molecule is CCCNC(=O)NCc1c(C)[nH]c2ccccc12. The third-order valence-corrected chi connectivity index (χ3v) is 2.99. The van der Waals surface area contributed by atoms with Gasteiger partial charge in [-0.05, 0) is 25.0 Å². The average Bonchev–Trinajstić information content (AvgIpc) is 2.69. The van der Waals surface area contributed by atoms with E-state index in [1.54, 1.807) is 0 Å². The molecule has 0 unspecified atom stereocenters. The number of benzene rings is 1. The van der Waals surface area contributed by atoms with Crippen LogP contribution in [0.1, 0.15) is 24.6 Å². The molecule has 2 amide bonds. The van der Waals surface area contributed by atoms with Crippen LogP contribution in [0.2, 0.25) is 0 Å². The van der Waals surface area contributed by atoms with E-state index in [-0.39, 0.29) is 6.03 Å². The summed E-state index contributed by atoms with van der Waals surface area (Å²) in [5.74, 6) is 0. The number of H-pyrrole nitrogens is 1. The molecular formula is C14H19N3O. The number of aromatic nitrogens is 1. The van der Waals surface area contributed by atoms with Crippen molar-refractivity contribution in [1.29, 1.82) is 0 Å². The predicted octanol–water partition coefficient (Wildman–Crippen LogP) is 2.69. The van der Waals surface area contributed by atoms with Gasteiger partial charge in [-0.25, -0.2) is 4.79 Å². The molecule has 0 radical (unpaired) electrons. The largest absolute Gasteiger partial charge is 0.358 e. The van der Waals surface area contributed by atoms with Crippen molar-refractivity contribution in [3.05, 3.63) is 35.5 Å². The lowest BCUT2D eigenvalue weighted by Gasteiger charge is -2.06. The van der Waals surface area contributed by atoms with E-state index in [2.05, 4.69) is 21.7 Å². The summed E-state index contributed by atoms with van der Waals surface area (Å²) >= 11 is 0. The summed E-state index contributed by atoms with van der Waals surface area (Å²) in [5.41, 5.74) is 3.37. The third kappa shape index (κ3) is 2.64. The minimum absolute atomic E-state index is 0.110. The molecule has 0 spiro atoms. The standard InChI is InChI=1S/C14H19N3O/c1-3-8-15-14(18)16-9-12-10(2)17-13-7-5-4-6-11(12)13/h4-7,17H,3,8-9H2,1-2H3,(H2,15,16,18). The first kappa shape index (κ1) is 12.5. The van der Waals surface area contributed by atoms with Crippen LogP contribution in [0.25, 0.3) is 10.9 Å². The average molecular weight is 245 g/mol. The van der Waals surface area contributed by atoms with Gasteiger partial charge >= 0.3 is 6.03 Å². The van der Waals surface area contributed by atoms with Crippen molar-refractivity contribution < 1.29 is 4.79 Å². The lowest BCUT2D eigenvalue weighted by atomic mass is 10.1. The number of fused-ring (bicyclic) bond motifs is 1. The maximum absolute atomic E-state index is 11.5. The highest BCUT2D eigenvalue weighted by Crippen LogP contribution is 2.21. The molecule has 0 fully saturated rings. The number of hydrogen-bond acceptors (Lipinski definition) is 1. The Morgan fingerprint density at radius 1 is 1.28 bits per heavy atom. The van der Waals surface area contributed by atoms with Crippen LogP contribution in [0.3, 0.4) is 0 Å². The van der Waals surface area contributed by atoms with Crippen molar-refractivity contribution in [2.75, 3.05) is 6.54 Å². The molecule has 0 atom stereocenters. The molecule has 2 rings (SSSR count). The van der Waals surface area contributed by atoms with Crippen molar-refractivity contribution in [3.63, 3.8) is 0 Å². The van der Waals surface area contributed by atoms with Gasteiger partial charge < -0.3 is 15.6 Å². The molecule has 3 N–H and O–H groups in total. The molecule has 2 aromatic rings. The van der Waals surface area contributed by atoms with Crippen LogP contribution in [-0.2, 0) is 6.54 Å². The summed E-state index contributed by atoms with van der Waals surface area (Å²) in [6.45, 7) is 5.31. The van der Waals surface area contributed by atoms with E-state index in [9.17, 15) is 4.79 Å². The molecule has 0 saturated heterocycles. The first-order valence-corrected chi connectivity index (χ1v) is 6.30. The van der Waals surface area contributed by atoms with Gasteiger partial charge in [0.25, 0.3) is 0 Å². The number of hydrogen-bond donors (Lipinski definition) is 3. The number of aromatic amines is 1. The Morgan fingerprint density at radius 3 is 2.83 bits per heavy atom. The minimum atomic E-state index is -0.110. The van der Waals surface area contributed by atoms with Crippen molar-refractivity contribution in [1.82, 2.24) is 15.6 Å². The zero-order valence-corrected chi connectivity index (χ0v) is 10.8. The van der Waals surface area contributed by atoms with Gasteiger partial charge in [-0.2, -0.15) is 0 Å². The molecular weight excluding hydrogens is 226 g/mol. The molecule has 0 saturated carbocycles. The molecule has 0 bridgehead atoms. The van der Waals surface area contributed by atoms with Gasteiger partial charge in [0.2, 0.25) is 0 Å². The lowest BCUT2D eigenvalue weighted by Crippen LogP contribution is -2.35. The molecule has 4 heteroatoms. The normalized spacial score (nSPS) is 10.6. The minimum Gasteiger partial charge on any atom is -0.358 e. The van der Waals surface area contributed by atoms with Crippen LogP contribution in [0, 0.1) is 6.92 Å². The monoisotopic (exact) mass is 245 g/mol. The van der Waals surface area contributed by atoms with Crippen LogP contribution in [0.5, 0.6) is 0 Å². The second-order valence-corrected chi connectivity index (χ2v) is 4.38. The molecule has 1 aromatic heterocycles. The van der Waals surface area contributed by atoms with Gasteiger partial charge in [0.1, 0.15) is 0 Å². The summed E-state index contributed by atoms with van der Waals surface area (Å²) in [7, 11) is 0. The van der Waals surface area contributed by atoms with Gasteiger partial charge in [0, 0.05) is 29.7 Å². The van der Waals surface area contributed by atoms with E-state index >= 15 is 0 Å². The van der Waals surface area contributed by atoms with Crippen LogP contribution < -0.4 is 10.6 Å². The van der Waals surface area contributed by atoms with Crippen molar-refractivity contribution >= 4 is 16.9 Å². The van der Waals surface area contributed by atoms with Gasteiger partial charge in [-0.3, -0.25) is 0 Å². The number of carbonyl (C=O) groups excluding carboxylic acids is 1. The Morgan fingerprint density at radius 2 is 2.06 bits per heavy atom. The summed E-state index contributed by atoms with van der Waals surface area (Å²) < 4.78 is 0. The topological polar surface area (TPSA) is 56.9 Å². The number of rotatable bonds is 4. The van der Waals surface area contributed by atoms with E-state index in [1.165, 1.54) is 5.39 Å². The smallest absolute Gasteiger partial charge is 0.315 e. The van der Waals surface area contributed by atoms with Gasteiger partial charge in [-0.15, -0.1) is 0 Å². The zero-order chi connectivity index (χ0) is 13.0. The van der Waals surface area contributed by atoms with Gasteiger partial charge in [-0.1, -0.05) is 25.1 Å². The fourth-order valence-corrected chi connectivity index (χ4v) is 2.03. The molecule has 0 aliphatic carbocycles. The molecule has 18 heavy (non-hydrogen) atoms. The molecule has 1 aromatic carbocycles. The first-order valence-electron chi connectivity index (χ1n) is 6.30. The number of amides is 2. The number of nitrogens with one attached hydrogen (secondary N) is 3. The summed E-state index contributed by atoms with van der Waals surface area (Å²) in [5, 5.41) is 6.86. The van der Waals surface area contributed by atoms with E-state index in [0.717, 1.165) is 23.2 Å². The number of carbonyl (C=O) groups is 1. The maximum atomic E-state index is 11.5. The summed E-state index contributed by atoms with van der Waals surface area (Å²) in [6.07, 6.45) is 0.944. The number of urea groups is 1. The Hall–Kier alpha value is -1.97. The highest BCUT2D eigenvalue weighted by molar-refractivity contribution is 5.85. The summed E-state index contributed by atoms with van der Waals surface area (Å²) in [6, 6.07) is 8.02. The highest BCUT2D eigenvalue weighted by atomic mass is 16.2. The van der Waals surface area contributed by atoms with Crippen LogP contribution in [0.15, 0.2) is 24.3 Å². The van der Waals surface area contributed by atoms with Crippen LogP contribution >= 0.6 is 0 Å². The van der Waals surface area contributed by atoms with Gasteiger partial charge in [0.05, 0.1) is 0 Å². The number of aryl methyl sites for hydroxylation is 1. The van der Waals surface area contributed by atoms with E-state index in [1.807, 2.05) is 32.0 Å². The second kappa shape index (κ2) is 5.58. The van der Waals surface area contributed by atoms with Crippen molar-refractivity contribution in [2.24, 2.45) is 0 Å². The summed E-state index contributed by atoms with van der Waals surface area (Å²) in [4.78, 5) is 14.8. The Balaban J connectivity index is 2.07. The molecule has 1 heterocycles. The highest BCUT2D eigenvalue weighted by Gasteiger charge is 2.08. The van der Waals surface area contributed by atoms with Crippen LogP contribution in [0.4, 0.5) is 4.79 Å². The molecule has 0 aliphatic rings. The van der Waals surface area contributed by atoms with E-state index < -0.39 is 0 Å². The molecule has 96 valence electrons. The molecule has 4 nitrogen and oxygen atoms in total. The lowest BCUT2D eigenvalue weighted by molar-refractivity contribution is 0.240.